The maximum absolute atomic E-state index is 12.0. The van der Waals surface area contributed by atoms with E-state index in [-0.39, 0.29) is 5.56 Å². The molecule has 0 bridgehead atoms. The molecule has 0 fully saturated rings. The van der Waals surface area contributed by atoms with Crippen molar-refractivity contribution in [3.8, 4) is 0 Å². The van der Waals surface area contributed by atoms with Gasteiger partial charge in [0.25, 0.3) is 5.56 Å². The van der Waals surface area contributed by atoms with E-state index in [1.807, 2.05) is 24.3 Å². The summed E-state index contributed by atoms with van der Waals surface area (Å²) >= 11 is 0. The molecule has 1 heterocycles. The molecule has 1 N–H and O–H groups in total. The van der Waals surface area contributed by atoms with E-state index in [9.17, 15) is 4.79 Å². The highest BCUT2D eigenvalue weighted by molar-refractivity contribution is 5.90. The number of hydrogen-bond acceptors (Lipinski definition) is 4. The van der Waals surface area contributed by atoms with Crippen LogP contribution in [0.3, 0.4) is 0 Å². The van der Waals surface area contributed by atoms with Gasteiger partial charge in [-0.15, -0.1) is 0 Å². The average molecular weight is 274 g/mol. The van der Waals surface area contributed by atoms with Crippen LogP contribution in [0.1, 0.15) is 13.8 Å². The molecule has 0 saturated heterocycles. The van der Waals surface area contributed by atoms with Gasteiger partial charge in [-0.05, 0) is 19.2 Å². The molecular formula is C15H22N4O. The highest BCUT2D eigenvalue weighted by Gasteiger charge is 2.08. The smallest absolute Gasteiger partial charge is 0.274 e. The molecule has 2 rings (SSSR count). The Morgan fingerprint density at radius 3 is 2.50 bits per heavy atom. The van der Waals surface area contributed by atoms with Crippen LogP contribution in [0, 0.1) is 0 Å². The van der Waals surface area contributed by atoms with E-state index < -0.39 is 0 Å². The highest BCUT2D eigenvalue weighted by atomic mass is 16.1. The van der Waals surface area contributed by atoms with E-state index in [0.29, 0.717) is 5.39 Å². The van der Waals surface area contributed by atoms with Gasteiger partial charge < -0.3 is 10.2 Å². The van der Waals surface area contributed by atoms with Crippen molar-refractivity contribution >= 4 is 16.6 Å². The minimum atomic E-state index is -0.0603. The van der Waals surface area contributed by atoms with Crippen molar-refractivity contribution < 1.29 is 0 Å². The first kappa shape index (κ1) is 14.5. The molecule has 5 heteroatoms. The largest absolute Gasteiger partial charge is 0.367 e. The lowest BCUT2D eigenvalue weighted by Crippen LogP contribution is -2.29. The molecule has 0 aliphatic rings. The molecule has 108 valence electrons. The van der Waals surface area contributed by atoms with Gasteiger partial charge in [-0.2, -0.15) is 5.10 Å². The summed E-state index contributed by atoms with van der Waals surface area (Å²) < 4.78 is 1.39. The van der Waals surface area contributed by atoms with Crippen LogP contribution in [0.25, 0.3) is 10.8 Å². The first-order valence-corrected chi connectivity index (χ1v) is 7.09. The molecule has 5 nitrogen and oxygen atoms in total. The second kappa shape index (κ2) is 6.52. The third kappa shape index (κ3) is 2.99. The second-order valence-electron chi connectivity index (χ2n) is 4.78. The summed E-state index contributed by atoms with van der Waals surface area (Å²) in [5.41, 5.74) is -0.0603. The molecule has 0 atom stereocenters. The molecule has 2 aromatic rings. The van der Waals surface area contributed by atoms with Gasteiger partial charge in [0.05, 0.1) is 5.39 Å². The minimum Gasteiger partial charge on any atom is -0.367 e. The van der Waals surface area contributed by atoms with Gasteiger partial charge in [0.15, 0.2) is 5.82 Å². The van der Waals surface area contributed by atoms with Gasteiger partial charge in [0.2, 0.25) is 0 Å². The molecule has 20 heavy (non-hydrogen) atoms. The molecule has 0 radical (unpaired) electrons. The Morgan fingerprint density at radius 2 is 1.85 bits per heavy atom. The van der Waals surface area contributed by atoms with Gasteiger partial charge in [-0.3, -0.25) is 4.79 Å². The van der Waals surface area contributed by atoms with Crippen LogP contribution in [0.2, 0.25) is 0 Å². The van der Waals surface area contributed by atoms with Crippen LogP contribution in [0.4, 0.5) is 5.82 Å². The lowest BCUT2D eigenvalue weighted by atomic mass is 10.2. The van der Waals surface area contributed by atoms with Gasteiger partial charge >= 0.3 is 0 Å². The van der Waals surface area contributed by atoms with Crippen molar-refractivity contribution in [1.82, 2.24) is 14.7 Å². The predicted molar refractivity (Wildman–Crippen MR) is 83.3 cm³/mol. The summed E-state index contributed by atoms with van der Waals surface area (Å²) in [5, 5.41) is 9.25. The van der Waals surface area contributed by atoms with Crippen molar-refractivity contribution in [2.75, 3.05) is 31.5 Å². The number of hydrogen-bond donors (Lipinski definition) is 1. The van der Waals surface area contributed by atoms with E-state index in [4.69, 9.17) is 0 Å². The van der Waals surface area contributed by atoms with E-state index in [1.54, 1.807) is 7.05 Å². The summed E-state index contributed by atoms with van der Waals surface area (Å²) in [6.45, 7) is 8.18. The van der Waals surface area contributed by atoms with E-state index in [2.05, 4.69) is 29.2 Å². The van der Waals surface area contributed by atoms with E-state index in [0.717, 1.165) is 37.4 Å². The minimum absolute atomic E-state index is 0.0603. The SMILES string of the molecule is CCN(CC)CCNc1nn(C)c(=O)c2ccccc12. The molecule has 0 spiro atoms. The topological polar surface area (TPSA) is 50.2 Å². The van der Waals surface area contributed by atoms with Crippen LogP contribution < -0.4 is 10.9 Å². The van der Waals surface area contributed by atoms with Crippen LogP contribution in [0.15, 0.2) is 29.1 Å². The number of anilines is 1. The molecular weight excluding hydrogens is 252 g/mol. The number of nitrogens with one attached hydrogen (secondary N) is 1. The number of aromatic nitrogens is 2. The number of rotatable bonds is 6. The maximum Gasteiger partial charge on any atom is 0.274 e. The Balaban J connectivity index is 2.22. The Bertz CT molecular complexity index is 631. The van der Waals surface area contributed by atoms with E-state index >= 15 is 0 Å². The van der Waals surface area contributed by atoms with Gasteiger partial charge in [0, 0.05) is 25.5 Å². The lowest BCUT2D eigenvalue weighted by Gasteiger charge is -2.18. The third-order valence-corrected chi connectivity index (χ3v) is 3.57. The maximum atomic E-state index is 12.0. The van der Waals surface area contributed by atoms with Crippen molar-refractivity contribution in [3.05, 3.63) is 34.6 Å². The molecule has 0 unspecified atom stereocenters. The average Bonchev–Trinajstić information content (AvgIpc) is 2.48. The molecule has 1 aromatic heterocycles. The van der Waals surface area contributed by atoms with Crippen LogP contribution in [0.5, 0.6) is 0 Å². The van der Waals surface area contributed by atoms with Gasteiger partial charge in [-0.25, -0.2) is 4.68 Å². The van der Waals surface area contributed by atoms with E-state index in [1.165, 1.54) is 4.68 Å². The zero-order chi connectivity index (χ0) is 14.5. The summed E-state index contributed by atoms with van der Waals surface area (Å²) in [6.07, 6.45) is 0. The fourth-order valence-electron chi connectivity index (χ4n) is 2.30. The summed E-state index contributed by atoms with van der Waals surface area (Å²) in [4.78, 5) is 14.4. The van der Waals surface area contributed by atoms with Crippen LogP contribution in [-0.4, -0.2) is 40.9 Å². The standard InChI is InChI=1S/C15H22N4O/c1-4-19(5-2)11-10-16-14-12-8-6-7-9-13(12)15(20)18(3)17-14/h6-9H,4-5,10-11H2,1-3H3,(H,16,17). The Hall–Kier alpha value is -1.88. The number of fused-ring (bicyclic) bond motifs is 1. The Morgan fingerprint density at radius 1 is 1.20 bits per heavy atom. The second-order valence-corrected chi connectivity index (χ2v) is 4.78. The molecule has 0 aliphatic heterocycles. The van der Waals surface area contributed by atoms with Gasteiger partial charge in [-0.1, -0.05) is 32.0 Å². The zero-order valence-electron chi connectivity index (χ0n) is 12.4. The third-order valence-electron chi connectivity index (χ3n) is 3.57. The summed E-state index contributed by atoms with van der Waals surface area (Å²) in [7, 11) is 1.68. The van der Waals surface area contributed by atoms with Crippen molar-refractivity contribution in [2.24, 2.45) is 7.05 Å². The predicted octanol–water partition coefficient (Wildman–Crippen LogP) is 1.69. The molecule has 1 aromatic carbocycles. The summed E-state index contributed by atoms with van der Waals surface area (Å²) in [5.74, 6) is 0.773. The highest BCUT2D eigenvalue weighted by Crippen LogP contribution is 2.16. The normalized spacial score (nSPS) is 11.2. The number of likely N-dealkylation sites (N-methyl/N-ethyl adjacent to an activating group) is 1. The number of benzene rings is 1. The number of aryl methyl sites for hydroxylation is 1. The molecule has 0 saturated carbocycles. The monoisotopic (exact) mass is 274 g/mol. The zero-order valence-corrected chi connectivity index (χ0v) is 12.4. The molecule has 0 aliphatic carbocycles. The number of nitrogens with zero attached hydrogens (tertiary/aromatic N) is 3. The first-order chi connectivity index (χ1) is 9.67. The Labute approximate surface area is 119 Å². The fourth-order valence-corrected chi connectivity index (χ4v) is 2.30. The van der Waals surface area contributed by atoms with Crippen LogP contribution in [-0.2, 0) is 7.05 Å². The van der Waals surface area contributed by atoms with Gasteiger partial charge in [0.1, 0.15) is 0 Å². The van der Waals surface area contributed by atoms with Crippen molar-refractivity contribution in [1.29, 1.82) is 0 Å². The quantitative estimate of drug-likeness (QED) is 0.871. The van der Waals surface area contributed by atoms with Crippen molar-refractivity contribution in [3.63, 3.8) is 0 Å². The first-order valence-electron chi connectivity index (χ1n) is 7.09. The van der Waals surface area contributed by atoms with Crippen LogP contribution >= 0.6 is 0 Å². The lowest BCUT2D eigenvalue weighted by molar-refractivity contribution is 0.316. The molecule has 0 amide bonds. The summed E-state index contributed by atoms with van der Waals surface area (Å²) in [6, 6.07) is 7.58. The fraction of sp³-hybridized carbons (Fsp3) is 0.467. The Kier molecular flexibility index (Phi) is 4.74. The van der Waals surface area contributed by atoms with Crippen molar-refractivity contribution in [2.45, 2.75) is 13.8 Å².